The van der Waals surface area contributed by atoms with Crippen molar-refractivity contribution in [1.29, 1.82) is 5.41 Å². The lowest BCUT2D eigenvalue weighted by molar-refractivity contribution is -0.133. The zero-order valence-corrected chi connectivity index (χ0v) is 16.7. The van der Waals surface area contributed by atoms with Crippen molar-refractivity contribution in [3.8, 4) is 5.75 Å². The zero-order chi connectivity index (χ0) is 21.7. The Labute approximate surface area is 173 Å². The van der Waals surface area contributed by atoms with Crippen LogP contribution in [0.15, 0.2) is 36.4 Å². The molecule has 1 fully saturated rings. The van der Waals surface area contributed by atoms with Crippen molar-refractivity contribution in [2.45, 2.75) is 32.4 Å². The van der Waals surface area contributed by atoms with E-state index in [9.17, 15) is 13.6 Å². The van der Waals surface area contributed by atoms with Gasteiger partial charge < -0.3 is 20.5 Å². The highest BCUT2D eigenvalue weighted by Crippen LogP contribution is 2.32. The molecule has 1 saturated carbocycles. The molecule has 160 valence electrons. The van der Waals surface area contributed by atoms with Gasteiger partial charge in [-0.05, 0) is 31.2 Å². The van der Waals surface area contributed by atoms with Gasteiger partial charge in [-0.2, -0.15) is 0 Å². The molecule has 0 saturated heterocycles. The molecule has 0 aliphatic heterocycles. The van der Waals surface area contributed by atoms with E-state index in [1.165, 1.54) is 0 Å². The van der Waals surface area contributed by atoms with Crippen LogP contribution < -0.4 is 15.8 Å². The van der Waals surface area contributed by atoms with Gasteiger partial charge in [0.2, 0.25) is 0 Å². The van der Waals surface area contributed by atoms with Gasteiger partial charge in [-0.3, -0.25) is 10.2 Å². The van der Waals surface area contributed by atoms with Crippen molar-refractivity contribution in [1.82, 2.24) is 5.32 Å². The first-order chi connectivity index (χ1) is 14.4. The average molecular weight is 417 g/mol. The summed E-state index contributed by atoms with van der Waals surface area (Å²) in [5.74, 6) is -1.95. The van der Waals surface area contributed by atoms with Crippen LogP contribution in [0.4, 0.5) is 8.78 Å². The molecule has 2 aromatic rings. The summed E-state index contributed by atoms with van der Waals surface area (Å²) in [6.07, 6.45) is 0.698. The smallest absolute Gasteiger partial charge is 0.254 e. The molecule has 0 aromatic heterocycles. The summed E-state index contributed by atoms with van der Waals surface area (Å²) in [5.41, 5.74) is 6.28. The lowest BCUT2D eigenvalue weighted by Gasteiger charge is -2.19. The maximum atomic E-state index is 14.7. The Hall–Kier alpha value is -3.00. The monoisotopic (exact) mass is 417 g/mol. The van der Waals surface area contributed by atoms with Crippen molar-refractivity contribution in [2.75, 3.05) is 13.2 Å². The van der Waals surface area contributed by atoms with Crippen molar-refractivity contribution >= 4 is 11.7 Å². The van der Waals surface area contributed by atoms with Crippen molar-refractivity contribution in [3.05, 3.63) is 64.7 Å². The fourth-order valence-electron chi connectivity index (χ4n) is 2.93. The highest BCUT2D eigenvalue weighted by Gasteiger charge is 2.29. The number of halogens is 2. The minimum atomic E-state index is -1.43. The molecule has 1 aliphatic rings. The first-order valence-electron chi connectivity index (χ1n) is 9.83. The van der Waals surface area contributed by atoms with Gasteiger partial charge in [0, 0.05) is 30.8 Å². The molecule has 0 radical (unpaired) electrons. The van der Waals surface area contributed by atoms with Gasteiger partial charge in [0.05, 0.1) is 12.2 Å². The van der Waals surface area contributed by atoms with Crippen molar-refractivity contribution < 1.29 is 23.0 Å². The van der Waals surface area contributed by atoms with Gasteiger partial charge in [0.25, 0.3) is 5.91 Å². The highest BCUT2D eigenvalue weighted by molar-refractivity contribution is 5.94. The third kappa shape index (κ3) is 5.54. The molecule has 0 heterocycles. The summed E-state index contributed by atoms with van der Waals surface area (Å²) >= 11 is 0. The maximum Gasteiger partial charge on any atom is 0.254 e. The first-order valence-corrected chi connectivity index (χ1v) is 9.83. The predicted octanol–water partition coefficient (Wildman–Crippen LogP) is 3.43. The minimum absolute atomic E-state index is 0.0579. The van der Waals surface area contributed by atoms with Gasteiger partial charge in [-0.15, -0.1) is 0 Å². The molecule has 1 atom stereocenters. The average Bonchev–Trinajstić information content (AvgIpc) is 3.54. The number of benzene rings is 2. The molecular weight excluding hydrogens is 392 g/mol. The van der Waals surface area contributed by atoms with E-state index in [1.54, 1.807) is 31.2 Å². The van der Waals surface area contributed by atoms with Crippen molar-refractivity contribution in [3.63, 3.8) is 0 Å². The molecule has 8 heteroatoms. The molecular formula is C22H25F2N3O3. The number of nitrogens with two attached hydrogens (primary N) is 1. The number of amidine groups is 1. The van der Waals surface area contributed by atoms with Gasteiger partial charge in [-0.1, -0.05) is 24.3 Å². The lowest BCUT2D eigenvalue weighted by Crippen LogP contribution is -2.31. The van der Waals surface area contributed by atoms with E-state index in [4.69, 9.17) is 20.6 Å². The number of hydrogen-bond donors (Lipinski definition) is 3. The van der Waals surface area contributed by atoms with Crippen LogP contribution >= 0.6 is 0 Å². The maximum absolute atomic E-state index is 14.7. The summed E-state index contributed by atoms with van der Waals surface area (Å²) < 4.78 is 40.1. The molecule has 1 amide bonds. The largest absolute Gasteiger partial charge is 0.493 e. The first kappa shape index (κ1) is 21.7. The van der Waals surface area contributed by atoms with Crippen LogP contribution in [-0.4, -0.2) is 25.0 Å². The van der Waals surface area contributed by atoms with Gasteiger partial charge in [-0.25, -0.2) is 8.78 Å². The Kier molecular flexibility index (Phi) is 6.99. The Morgan fingerprint density at radius 2 is 1.87 bits per heavy atom. The van der Waals surface area contributed by atoms with E-state index >= 15 is 0 Å². The van der Waals surface area contributed by atoms with E-state index in [0.717, 1.165) is 30.5 Å². The topological polar surface area (TPSA) is 97.4 Å². The number of amides is 1. The van der Waals surface area contributed by atoms with E-state index in [1.807, 2.05) is 0 Å². The molecule has 0 bridgehead atoms. The van der Waals surface area contributed by atoms with E-state index in [2.05, 4.69) is 5.32 Å². The summed E-state index contributed by atoms with van der Waals surface area (Å²) in [6, 6.07) is 8.90. The molecule has 3 rings (SSSR count). The summed E-state index contributed by atoms with van der Waals surface area (Å²) in [4.78, 5) is 12.6. The standard InChI is InChI=1S/C22H25F2N3O3/c1-2-29-20(22(28)27-11-13-5-7-15(8-6-13)21(25)26)19-17(23)9-16(10-18(19)24)30-12-14-3-4-14/h5-10,14,20H,2-4,11-12H2,1H3,(H3,25,26)(H,27,28). The molecule has 4 N–H and O–H groups in total. The van der Waals surface area contributed by atoms with Crippen LogP contribution in [0.1, 0.15) is 42.6 Å². The second kappa shape index (κ2) is 9.67. The van der Waals surface area contributed by atoms with Gasteiger partial charge in [0.1, 0.15) is 23.2 Å². The Morgan fingerprint density at radius 3 is 2.40 bits per heavy atom. The fourth-order valence-corrected chi connectivity index (χ4v) is 2.93. The fraction of sp³-hybridized carbons (Fsp3) is 0.364. The quantitative estimate of drug-likeness (QED) is 0.408. The molecule has 1 aliphatic carbocycles. The summed E-state index contributed by atoms with van der Waals surface area (Å²) in [7, 11) is 0. The Bertz CT molecular complexity index is 891. The van der Waals surface area contributed by atoms with Crippen LogP contribution in [-0.2, 0) is 16.1 Å². The van der Waals surface area contributed by atoms with Crippen LogP contribution in [0.3, 0.4) is 0 Å². The van der Waals surface area contributed by atoms with Crippen LogP contribution in [0.25, 0.3) is 0 Å². The van der Waals surface area contributed by atoms with Crippen LogP contribution in [0.5, 0.6) is 5.75 Å². The summed E-state index contributed by atoms with van der Waals surface area (Å²) in [5, 5.41) is 10.0. The van der Waals surface area contributed by atoms with E-state index in [-0.39, 0.29) is 24.7 Å². The van der Waals surface area contributed by atoms with Crippen molar-refractivity contribution in [2.24, 2.45) is 11.7 Å². The van der Waals surface area contributed by atoms with E-state index in [0.29, 0.717) is 18.1 Å². The third-order valence-electron chi connectivity index (χ3n) is 4.80. The zero-order valence-electron chi connectivity index (χ0n) is 16.7. The number of hydrogen-bond acceptors (Lipinski definition) is 4. The molecule has 1 unspecified atom stereocenters. The Morgan fingerprint density at radius 1 is 1.23 bits per heavy atom. The molecule has 2 aromatic carbocycles. The number of carbonyl (C=O) groups excluding carboxylic acids is 1. The summed E-state index contributed by atoms with van der Waals surface area (Å²) in [6.45, 7) is 2.30. The third-order valence-corrected chi connectivity index (χ3v) is 4.80. The number of nitrogens with one attached hydrogen (secondary N) is 2. The predicted molar refractivity (Wildman–Crippen MR) is 108 cm³/mol. The van der Waals surface area contributed by atoms with Gasteiger partial charge >= 0.3 is 0 Å². The number of ether oxygens (including phenoxy) is 2. The Balaban J connectivity index is 1.70. The number of carbonyl (C=O) groups is 1. The second-order valence-corrected chi connectivity index (χ2v) is 7.22. The lowest BCUT2D eigenvalue weighted by atomic mass is 10.1. The van der Waals surface area contributed by atoms with Gasteiger partial charge in [0.15, 0.2) is 6.10 Å². The molecule has 6 nitrogen and oxygen atoms in total. The van der Waals surface area contributed by atoms with Crippen LogP contribution in [0.2, 0.25) is 0 Å². The van der Waals surface area contributed by atoms with Crippen LogP contribution in [0, 0.1) is 23.0 Å². The minimum Gasteiger partial charge on any atom is -0.493 e. The number of rotatable bonds is 10. The number of nitrogen functional groups attached to an aromatic ring is 1. The highest BCUT2D eigenvalue weighted by atomic mass is 19.1. The van der Waals surface area contributed by atoms with E-state index < -0.39 is 29.2 Å². The normalized spacial score (nSPS) is 14.2. The second-order valence-electron chi connectivity index (χ2n) is 7.22. The SMILES string of the molecule is CCOC(C(=O)NCc1ccc(C(=N)N)cc1)c1c(F)cc(OCC2CC2)cc1F. The molecule has 30 heavy (non-hydrogen) atoms. The molecule has 0 spiro atoms.